The standard InChI is InChI=1S/C28H21FN2O4/c1-2-14-30-21-11-7-6-10-20(21)28(27(30)34)23-24(32)19-15-18(29)12-13-22(19)35-25(23)26(33)31(28)16-17-8-4-3-5-9-17/h3-13,15H,2,14,16H2,1H3/t28-/m0/s1. The zero-order valence-corrected chi connectivity index (χ0v) is 19.0. The molecule has 0 fully saturated rings. The SMILES string of the molecule is CCCN1C(=O)[C@]2(c3ccccc31)c1c(oc3ccc(F)cc3c1=O)C(=O)N2Cc1ccccc1. The molecule has 1 atom stereocenters. The number of fused-ring (bicyclic) bond motifs is 5. The molecular weight excluding hydrogens is 447 g/mol. The van der Waals surface area contributed by atoms with Crippen molar-refractivity contribution in [2.24, 2.45) is 0 Å². The van der Waals surface area contributed by atoms with Crippen LogP contribution in [-0.4, -0.2) is 23.3 Å². The lowest BCUT2D eigenvalue weighted by Crippen LogP contribution is -2.53. The summed E-state index contributed by atoms with van der Waals surface area (Å²) in [6, 6.07) is 20.1. The molecule has 4 aromatic rings. The monoisotopic (exact) mass is 468 g/mol. The maximum Gasteiger partial charge on any atom is 0.291 e. The molecule has 35 heavy (non-hydrogen) atoms. The molecule has 2 aliphatic rings. The van der Waals surface area contributed by atoms with Gasteiger partial charge in [-0.2, -0.15) is 0 Å². The molecular formula is C28H21FN2O4. The summed E-state index contributed by atoms with van der Waals surface area (Å²) in [4.78, 5) is 45.2. The van der Waals surface area contributed by atoms with Gasteiger partial charge in [0.25, 0.3) is 11.8 Å². The summed E-state index contributed by atoms with van der Waals surface area (Å²) in [5.41, 5.74) is -0.227. The van der Waals surface area contributed by atoms with Crippen molar-refractivity contribution in [2.45, 2.75) is 25.4 Å². The fraction of sp³-hybridized carbons (Fsp3) is 0.179. The summed E-state index contributed by atoms with van der Waals surface area (Å²) in [5.74, 6) is -1.71. The molecule has 0 N–H and O–H groups in total. The zero-order chi connectivity index (χ0) is 24.3. The zero-order valence-electron chi connectivity index (χ0n) is 19.0. The highest BCUT2D eigenvalue weighted by molar-refractivity contribution is 6.17. The van der Waals surface area contributed by atoms with Gasteiger partial charge < -0.3 is 14.2 Å². The van der Waals surface area contributed by atoms with Crippen molar-refractivity contribution >= 4 is 28.5 Å². The van der Waals surface area contributed by atoms with E-state index < -0.39 is 22.7 Å². The molecule has 1 aromatic heterocycles. The number of para-hydroxylation sites is 1. The van der Waals surface area contributed by atoms with Crippen LogP contribution in [0.3, 0.4) is 0 Å². The molecule has 0 unspecified atom stereocenters. The van der Waals surface area contributed by atoms with Crippen LogP contribution in [0.2, 0.25) is 0 Å². The van der Waals surface area contributed by atoms with E-state index >= 15 is 0 Å². The van der Waals surface area contributed by atoms with Crippen molar-refractivity contribution in [1.82, 2.24) is 4.90 Å². The third-order valence-electron chi connectivity index (χ3n) is 6.83. The van der Waals surface area contributed by atoms with E-state index in [1.54, 1.807) is 17.0 Å². The molecule has 6 rings (SSSR count). The predicted molar refractivity (Wildman–Crippen MR) is 129 cm³/mol. The van der Waals surface area contributed by atoms with Gasteiger partial charge in [-0.15, -0.1) is 0 Å². The number of carbonyl (C=O) groups is 2. The maximum atomic E-state index is 14.3. The van der Waals surface area contributed by atoms with Gasteiger partial charge in [-0.05, 0) is 36.2 Å². The average molecular weight is 468 g/mol. The van der Waals surface area contributed by atoms with Crippen LogP contribution in [0.1, 0.15) is 40.6 Å². The number of hydrogen-bond donors (Lipinski definition) is 0. The molecule has 1 spiro atoms. The molecule has 2 aliphatic heterocycles. The minimum atomic E-state index is -1.70. The maximum absolute atomic E-state index is 14.3. The summed E-state index contributed by atoms with van der Waals surface area (Å²) in [7, 11) is 0. The van der Waals surface area contributed by atoms with Crippen LogP contribution in [-0.2, 0) is 16.9 Å². The quantitative estimate of drug-likeness (QED) is 0.439. The van der Waals surface area contributed by atoms with Crippen LogP contribution >= 0.6 is 0 Å². The number of nitrogens with zero attached hydrogens (tertiary/aromatic N) is 2. The Morgan fingerprint density at radius 1 is 0.943 bits per heavy atom. The Morgan fingerprint density at radius 2 is 1.69 bits per heavy atom. The van der Waals surface area contributed by atoms with Crippen LogP contribution in [0.15, 0.2) is 82.0 Å². The second kappa shape index (κ2) is 7.63. The Morgan fingerprint density at radius 3 is 2.46 bits per heavy atom. The lowest BCUT2D eigenvalue weighted by molar-refractivity contribution is -0.126. The van der Waals surface area contributed by atoms with E-state index in [-0.39, 0.29) is 34.7 Å². The number of rotatable bonds is 4. The van der Waals surface area contributed by atoms with Gasteiger partial charge in [0.05, 0.1) is 16.6 Å². The van der Waals surface area contributed by atoms with E-state index in [4.69, 9.17) is 4.42 Å². The Hall–Kier alpha value is -4.26. The molecule has 0 saturated carbocycles. The molecule has 2 amide bonds. The Balaban J connectivity index is 1.71. The summed E-state index contributed by atoms with van der Waals surface area (Å²) in [6.07, 6.45) is 0.688. The van der Waals surface area contributed by atoms with Gasteiger partial charge in [0.1, 0.15) is 11.4 Å². The smallest absolute Gasteiger partial charge is 0.291 e. The predicted octanol–water partition coefficient (Wildman–Crippen LogP) is 4.59. The lowest BCUT2D eigenvalue weighted by atomic mass is 9.83. The van der Waals surface area contributed by atoms with Crippen molar-refractivity contribution in [3.05, 3.63) is 111 Å². The number of hydrogen-bond acceptors (Lipinski definition) is 4. The van der Waals surface area contributed by atoms with Crippen molar-refractivity contribution in [2.75, 3.05) is 11.4 Å². The van der Waals surface area contributed by atoms with Crippen LogP contribution in [0, 0.1) is 5.82 Å². The number of anilines is 1. The number of benzene rings is 3. The van der Waals surface area contributed by atoms with Crippen molar-refractivity contribution in [3.8, 4) is 0 Å². The van der Waals surface area contributed by atoms with Crippen LogP contribution < -0.4 is 10.3 Å². The van der Waals surface area contributed by atoms with Gasteiger partial charge >= 0.3 is 0 Å². The van der Waals surface area contributed by atoms with E-state index in [0.29, 0.717) is 24.2 Å². The summed E-state index contributed by atoms with van der Waals surface area (Å²) >= 11 is 0. The fourth-order valence-electron chi connectivity index (χ4n) is 5.40. The van der Waals surface area contributed by atoms with E-state index in [2.05, 4.69) is 0 Å². The Kier molecular flexibility index (Phi) is 4.64. The normalized spacial score (nSPS) is 18.6. The molecule has 0 aliphatic carbocycles. The van der Waals surface area contributed by atoms with Crippen molar-refractivity contribution in [3.63, 3.8) is 0 Å². The first-order valence-electron chi connectivity index (χ1n) is 11.5. The molecule has 0 bridgehead atoms. The summed E-state index contributed by atoms with van der Waals surface area (Å²) in [5, 5.41) is -0.00305. The van der Waals surface area contributed by atoms with Crippen LogP contribution in [0.5, 0.6) is 0 Å². The third kappa shape index (κ3) is 2.78. The first kappa shape index (κ1) is 21.3. The van der Waals surface area contributed by atoms with E-state index in [1.807, 2.05) is 49.4 Å². The molecule has 3 aromatic carbocycles. The Labute approximate surface area is 200 Å². The second-order valence-corrected chi connectivity index (χ2v) is 8.84. The number of halogens is 1. The summed E-state index contributed by atoms with van der Waals surface area (Å²) in [6.45, 7) is 2.48. The van der Waals surface area contributed by atoms with Gasteiger partial charge in [-0.3, -0.25) is 14.4 Å². The minimum absolute atomic E-state index is 0.00305. The van der Waals surface area contributed by atoms with Crippen molar-refractivity contribution in [1.29, 1.82) is 0 Å². The highest BCUT2D eigenvalue weighted by Gasteiger charge is 2.64. The highest BCUT2D eigenvalue weighted by Crippen LogP contribution is 2.53. The molecule has 174 valence electrons. The van der Waals surface area contributed by atoms with Gasteiger partial charge in [-0.25, -0.2) is 4.39 Å². The number of amides is 2. The first-order chi connectivity index (χ1) is 17.0. The number of carbonyl (C=O) groups excluding carboxylic acids is 2. The van der Waals surface area contributed by atoms with Crippen LogP contribution in [0.25, 0.3) is 11.0 Å². The minimum Gasteiger partial charge on any atom is -0.450 e. The molecule has 0 saturated heterocycles. The van der Waals surface area contributed by atoms with Gasteiger partial charge in [-0.1, -0.05) is 55.5 Å². The average Bonchev–Trinajstić information content (AvgIpc) is 3.26. The Bertz CT molecular complexity index is 1580. The van der Waals surface area contributed by atoms with Gasteiger partial charge in [0.2, 0.25) is 5.76 Å². The third-order valence-corrected chi connectivity index (χ3v) is 6.83. The first-order valence-corrected chi connectivity index (χ1v) is 11.5. The summed E-state index contributed by atoms with van der Waals surface area (Å²) < 4.78 is 20.1. The highest BCUT2D eigenvalue weighted by atomic mass is 19.1. The fourth-order valence-corrected chi connectivity index (χ4v) is 5.40. The van der Waals surface area contributed by atoms with Crippen molar-refractivity contribution < 1.29 is 18.4 Å². The molecule has 7 heteroatoms. The lowest BCUT2D eigenvalue weighted by Gasteiger charge is -2.34. The molecule has 0 radical (unpaired) electrons. The molecule has 6 nitrogen and oxygen atoms in total. The van der Waals surface area contributed by atoms with E-state index in [0.717, 1.165) is 11.6 Å². The van der Waals surface area contributed by atoms with E-state index in [1.165, 1.54) is 17.0 Å². The van der Waals surface area contributed by atoms with Gasteiger partial charge in [0, 0.05) is 18.7 Å². The van der Waals surface area contributed by atoms with Gasteiger partial charge in [0.15, 0.2) is 11.0 Å². The second-order valence-electron chi connectivity index (χ2n) is 8.84. The largest absolute Gasteiger partial charge is 0.450 e. The van der Waals surface area contributed by atoms with E-state index in [9.17, 15) is 18.8 Å². The molecule has 3 heterocycles. The topological polar surface area (TPSA) is 70.8 Å². The van der Waals surface area contributed by atoms with Crippen LogP contribution in [0.4, 0.5) is 10.1 Å².